The molecule has 4 nitrogen and oxygen atoms in total. The first kappa shape index (κ1) is 12.2. The molecule has 0 atom stereocenters. The number of carbonyl (C=O) groups excluding carboxylic acids is 1. The minimum atomic E-state index is -0.119. The summed E-state index contributed by atoms with van der Waals surface area (Å²) >= 11 is 4.91. The van der Waals surface area contributed by atoms with Gasteiger partial charge in [-0.15, -0.1) is 0 Å². The van der Waals surface area contributed by atoms with Crippen molar-refractivity contribution in [1.82, 2.24) is 4.90 Å². The van der Waals surface area contributed by atoms with Crippen LogP contribution in [0.25, 0.3) is 0 Å². The monoisotopic (exact) mass is 230 g/mol. The van der Waals surface area contributed by atoms with E-state index in [2.05, 4.69) is 4.74 Å². The van der Waals surface area contributed by atoms with Crippen molar-refractivity contribution in [1.29, 1.82) is 0 Å². The molecule has 0 amide bonds. The van der Waals surface area contributed by atoms with Crippen LogP contribution in [0.5, 0.6) is 0 Å². The Balaban J connectivity index is 2.20. The van der Waals surface area contributed by atoms with Gasteiger partial charge in [-0.2, -0.15) is 0 Å². The Kier molecular flexibility index (Phi) is 4.81. The molecule has 0 saturated carbocycles. The molecule has 0 aliphatic carbocycles. The molecule has 15 heavy (non-hydrogen) atoms. The molecule has 86 valence electrons. The highest BCUT2D eigenvalue weighted by Gasteiger charge is 2.20. The van der Waals surface area contributed by atoms with Crippen molar-refractivity contribution >= 4 is 23.3 Å². The third-order valence-electron chi connectivity index (χ3n) is 2.91. The normalized spacial score (nSPS) is 17.5. The summed E-state index contributed by atoms with van der Waals surface area (Å²) in [4.78, 5) is 13.0. The highest BCUT2D eigenvalue weighted by molar-refractivity contribution is 7.80. The van der Waals surface area contributed by atoms with Gasteiger partial charge >= 0.3 is 5.97 Å². The lowest BCUT2D eigenvalue weighted by molar-refractivity contribution is -0.141. The molecule has 1 fully saturated rings. The van der Waals surface area contributed by atoms with Crippen molar-refractivity contribution < 1.29 is 9.53 Å². The van der Waals surface area contributed by atoms with E-state index in [-0.39, 0.29) is 5.97 Å². The third-order valence-corrected chi connectivity index (χ3v) is 3.17. The number of nitrogens with zero attached hydrogens (tertiary/aromatic N) is 1. The minimum absolute atomic E-state index is 0.119. The van der Waals surface area contributed by atoms with Gasteiger partial charge in [0, 0.05) is 19.5 Å². The van der Waals surface area contributed by atoms with Crippen molar-refractivity contribution in [3.63, 3.8) is 0 Å². The van der Waals surface area contributed by atoms with Crippen LogP contribution in [0, 0.1) is 5.92 Å². The second-order valence-corrected chi connectivity index (χ2v) is 4.30. The van der Waals surface area contributed by atoms with E-state index in [1.54, 1.807) is 0 Å². The zero-order valence-electron chi connectivity index (χ0n) is 9.07. The average Bonchev–Trinajstić information content (AvgIpc) is 2.26. The van der Waals surface area contributed by atoms with E-state index in [1.807, 2.05) is 4.90 Å². The van der Waals surface area contributed by atoms with Gasteiger partial charge in [-0.3, -0.25) is 4.79 Å². The van der Waals surface area contributed by atoms with E-state index in [1.165, 1.54) is 7.11 Å². The maximum Gasteiger partial charge on any atom is 0.305 e. The van der Waals surface area contributed by atoms with E-state index < -0.39 is 0 Å². The lowest BCUT2D eigenvalue weighted by atomic mass is 9.92. The Morgan fingerprint density at radius 3 is 2.60 bits per heavy atom. The number of thiocarbonyl (C=S) groups is 1. The molecule has 0 aromatic heterocycles. The van der Waals surface area contributed by atoms with E-state index in [0.717, 1.165) is 32.4 Å². The van der Waals surface area contributed by atoms with Crippen LogP contribution in [-0.4, -0.2) is 36.2 Å². The molecular formula is C10H18N2O2S. The molecule has 0 bridgehead atoms. The smallest absolute Gasteiger partial charge is 0.305 e. The summed E-state index contributed by atoms with van der Waals surface area (Å²) in [5.41, 5.74) is 5.54. The number of hydrogen-bond acceptors (Lipinski definition) is 3. The van der Waals surface area contributed by atoms with Crippen LogP contribution < -0.4 is 5.73 Å². The first-order valence-electron chi connectivity index (χ1n) is 5.24. The number of carbonyl (C=O) groups is 1. The van der Waals surface area contributed by atoms with Gasteiger partial charge in [0.15, 0.2) is 5.11 Å². The first-order chi connectivity index (χ1) is 7.13. The fourth-order valence-corrected chi connectivity index (χ4v) is 2.05. The number of rotatable bonds is 3. The molecule has 1 aliphatic rings. The van der Waals surface area contributed by atoms with E-state index in [9.17, 15) is 4.79 Å². The predicted octanol–water partition coefficient (Wildman–Crippen LogP) is 0.895. The number of methoxy groups -OCH3 is 1. The Hall–Kier alpha value is -0.840. The van der Waals surface area contributed by atoms with Crippen LogP contribution in [0.3, 0.4) is 0 Å². The van der Waals surface area contributed by atoms with Gasteiger partial charge in [0.1, 0.15) is 0 Å². The summed E-state index contributed by atoms with van der Waals surface area (Å²) in [7, 11) is 1.43. The molecule has 0 aromatic rings. The maximum absolute atomic E-state index is 11.0. The van der Waals surface area contributed by atoms with Gasteiger partial charge in [0.2, 0.25) is 0 Å². The molecule has 5 heteroatoms. The number of likely N-dealkylation sites (tertiary alicyclic amines) is 1. The van der Waals surface area contributed by atoms with Crippen molar-refractivity contribution in [2.45, 2.75) is 25.7 Å². The average molecular weight is 230 g/mol. The Bertz CT molecular complexity index is 238. The van der Waals surface area contributed by atoms with Crippen LogP contribution in [-0.2, 0) is 9.53 Å². The van der Waals surface area contributed by atoms with Crippen LogP contribution >= 0.6 is 12.2 Å². The highest BCUT2D eigenvalue weighted by Crippen LogP contribution is 2.21. The zero-order chi connectivity index (χ0) is 11.3. The van der Waals surface area contributed by atoms with Crippen molar-refractivity contribution in [2.24, 2.45) is 11.7 Å². The number of esters is 1. The van der Waals surface area contributed by atoms with Crippen molar-refractivity contribution in [2.75, 3.05) is 20.2 Å². The second kappa shape index (κ2) is 5.90. The SMILES string of the molecule is COC(=O)CCC1CCN(C(N)=S)CC1. The van der Waals surface area contributed by atoms with Crippen LogP contribution in [0.4, 0.5) is 0 Å². The standard InChI is InChI=1S/C10H18N2O2S/c1-14-9(13)3-2-8-4-6-12(7-5-8)10(11)15/h8H,2-7H2,1H3,(H2,11,15). The molecule has 0 spiro atoms. The van der Waals surface area contributed by atoms with Gasteiger partial charge in [0.05, 0.1) is 7.11 Å². The third kappa shape index (κ3) is 4.03. The fraction of sp³-hybridized carbons (Fsp3) is 0.800. The van der Waals surface area contributed by atoms with Crippen LogP contribution in [0.2, 0.25) is 0 Å². The van der Waals surface area contributed by atoms with Gasteiger partial charge in [-0.25, -0.2) is 0 Å². The van der Waals surface area contributed by atoms with Crippen LogP contribution in [0.15, 0.2) is 0 Å². The molecule has 1 heterocycles. The van der Waals surface area contributed by atoms with Gasteiger partial charge in [-0.05, 0) is 37.4 Å². The summed E-state index contributed by atoms with van der Waals surface area (Å²) in [5.74, 6) is 0.487. The minimum Gasteiger partial charge on any atom is -0.469 e. The molecular weight excluding hydrogens is 212 g/mol. The van der Waals surface area contributed by atoms with E-state index >= 15 is 0 Å². The molecule has 2 N–H and O–H groups in total. The highest BCUT2D eigenvalue weighted by atomic mass is 32.1. The summed E-state index contributed by atoms with van der Waals surface area (Å²) < 4.78 is 4.61. The Morgan fingerprint density at radius 2 is 2.13 bits per heavy atom. The van der Waals surface area contributed by atoms with E-state index in [4.69, 9.17) is 18.0 Å². The summed E-state index contributed by atoms with van der Waals surface area (Å²) in [5, 5.41) is 0.487. The molecule has 1 rings (SSSR count). The predicted molar refractivity (Wildman–Crippen MR) is 62.3 cm³/mol. The topological polar surface area (TPSA) is 55.6 Å². The first-order valence-corrected chi connectivity index (χ1v) is 5.65. The lowest BCUT2D eigenvalue weighted by Crippen LogP contribution is -2.41. The molecule has 1 aliphatic heterocycles. The largest absolute Gasteiger partial charge is 0.469 e. The van der Waals surface area contributed by atoms with Crippen LogP contribution in [0.1, 0.15) is 25.7 Å². The summed E-state index contributed by atoms with van der Waals surface area (Å²) in [6.07, 6.45) is 3.56. The fourth-order valence-electron chi connectivity index (χ4n) is 1.87. The lowest BCUT2D eigenvalue weighted by Gasteiger charge is -2.32. The Morgan fingerprint density at radius 1 is 1.53 bits per heavy atom. The quantitative estimate of drug-likeness (QED) is 0.576. The number of ether oxygens (including phenoxy) is 1. The van der Waals surface area contributed by atoms with Gasteiger partial charge in [-0.1, -0.05) is 0 Å². The zero-order valence-corrected chi connectivity index (χ0v) is 9.89. The molecule has 1 saturated heterocycles. The summed E-state index contributed by atoms with van der Waals surface area (Å²) in [6.45, 7) is 1.84. The van der Waals surface area contributed by atoms with Crippen molar-refractivity contribution in [3.05, 3.63) is 0 Å². The number of nitrogens with two attached hydrogens (primary N) is 1. The van der Waals surface area contributed by atoms with E-state index in [0.29, 0.717) is 17.5 Å². The second-order valence-electron chi connectivity index (χ2n) is 3.88. The molecule has 0 radical (unpaired) electrons. The number of piperidine rings is 1. The van der Waals surface area contributed by atoms with Gasteiger partial charge < -0.3 is 15.4 Å². The Labute approximate surface area is 95.8 Å². The molecule has 0 aromatic carbocycles. The maximum atomic E-state index is 11.0. The number of hydrogen-bond donors (Lipinski definition) is 1. The van der Waals surface area contributed by atoms with Crippen molar-refractivity contribution in [3.8, 4) is 0 Å². The summed E-state index contributed by atoms with van der Waals surface area (Å²) in [6, 6.07) is 0. The molecule has 0 unspecified atom stereocenters. The van der Waals surface area contributed by atoms with Gasteiger partial charge in [0.25, 0.3) is 0 Å².